The number of aromatic nitrogens is 1. The highest BCUT2D eigenvalue weighted by atomic mass is 16.5. The molecule has 0 spiro atoms. The van der Waals surface area contributed by atoms with E-state index in [0.717, 1.165) is 5.56 Å². The highest BCUT2D eigenvalue weighted by Crippen LogP contribution is 2.02. The van der Waals surface area contributed by atoms with E-state index < -0.39 is 5.97 Å². The molecule has 1 aromatic rings. The Labute approximate surface area is 94.6 Å². The number of carbonyl (C=O) groups is 1. The molecule has 4 nitrogen and oxygen atoms in total. The second kappa shape index (κ2) is 6.74. The van der Waals surface area contributed by atoms with Crippen molar-refractivity contribution in [3.63, 3.8) is 0 Å². The van der Waals surface area contributed by atoms with Gasteiger partial charge in [-0.15, -0.1) is 0 Å². The molecule has 0 saturated heterocycles. The van der Waals surface area contributed by atoms with E-state index in [2.05, 4.69) is 4.98 Å². The SMILES string of the molecule is CC/C(=C/COCc1cccnc1)C(=O)O. The number of hydrogen-bond donors (Lipinski definition) is 1. The van der Waals surface area contributed by atoms with Crippen LogP contribution in [0.2, 0.25) is 0 Å². The lowest BCUT2D eigenvalue weighted by Gasteiger charge is -2.01. The summed E-state index contributed by atoms with van der Waals surface area (Å²) in [5.74, 6) is -0.882. The van der Waals surface area contributed by atoms with Crippen LogP contribution < -0.4 is 0 Å². The molecule has 1 rings (SSSR count). The zero-order valence-electron chi connectivity index (χ0n) is 9.22. The first-order chi connectivity index (χ1) is 7.74. The van der Waals surface area contributed by atoms with Crippen LogP contribution in [0.5, 0.6) is 0 Å². The Morgan fingerprint density at radius 3 is 3.00 bits per heavy atom. The summed E-state index contributed by atoms with van der Waals surface area (Å²) in [7, 11) is 0. The van der Waals surface area contributed by atoms with Crippen LogP contribution in [0, 0.1) is 0 Å². The van der Waals surface area contributed by atoms with Gasteiger partial charge in [-0.25, -0.2) is 4.79 Å². The summed E-state index contributed by atoms with van der Waals surface area (Å²) in [6.45, 7) is 2.56. The topological polar surface area (TPSA) is 59.4 Å². The van der Waals surface area contributed by atoms with Crippen molar-refractivity contribution in [3.05, 3.63) is 41.7 Å². The molecule has 0 fully saturated rings. The molecule has 0 atom stereocenters. The van der Waals surface area contributed by atoms with Crippen LogP contribution in [0.4, 0.5) is 0 Å². The zero-order valence-corrected chi connectivity index (χ0v) is 9.22. The third kappa shape index (κ3) is 4.23. The lowest BCUT2D eigenvalue weighted by molar-refractivity contribution is -0.132. The number of hydrogen-bond acceptors (Lipinski definition) is 3. The van der Waals surface area contributed by atoms with Crippen molar-refractivity contribution in [1.82, 2.24) is 4.98 Å². The second-order valence-corrected chi connectivity index (χ2v) is 3.26. The van der Waals surface area contributed by atoms with Crippen molar-refractivity contribution in [2.45, 2.75) is 20.0 Å². The third-order valence-corrected chi connectivity index (χ3v) is 2.09. The molecule has 0 unspecified atom stereocenters. The number of carboxylic acid groups (broad SMARTS) is 1. The Kier molecular flexibility index (Phi) is 5.22. The van der Waals surface area contributed by atoms with Gasteiger partial charge in [0.2, 0.25) is 0 Å². The minimum absolute atomic E-state index is 0.310. The minimum atomic E-state index is -0.882. The molecule has 0 amide bonds. The first kappa shape index (κ1) is 12.4. The highest BCUT2D eigenvalue weighted by Gasteiger charge is 2.02. The molecule has 1 aromatic heterocycles. The Morgan fingerprint density at radius 2 is 2.44 bits per heavy atom. The van der Waals surface area contributed by atoms with E-state index in [9.17, 15) is 4.79 Å². The van der Waals surface area contributed by atoms with E-state index in [1.165, 1.54) is 0 Å². The van der Waals surface area contributed by atoms with Crippen LogP contribution in [-0.4, -0.2) is 22.7 Å². The van der Waals surface area contributed by atoms with E-state index in [1.54, 1.807) is 25.4 Å². The highest BCUT2D eigenvalue weighted by molar-refractivity contribution is 5.86. The van der Waals surface area contributed by atoms with Gasteiger partial charge in [0.1, 0.15) is 0 Å². The average Bonchev–Trinajstić information content (AvgIpc) is 2.30. The molecule has 0 aromatic carbocycles. The summed E-state index contributed by atoms with van der Waals surface area (Å²) >= 11 is 0. The Hall–Kier alpha value is -1.68. The van der Waals surface area contributed by atoms with E-state index in [4.69, 9.17) is 9.84 Å². The van der Waals surface area contributed by atoms with Gasteiger partial charge in [-0.2, -0.15) is 0 Å². The number of nitrogens with zero attached hydrogens (tertiary/aromatic N) is 1. The van der Waals surface area contributed by atoms with Gasteiger partial charge in [-0.1, -0.05) is 13.0 Å². The van der Waals surface area contributed by atoms with Crippen molar-refractivity contribution >= 4 is 5.97 Å². The molecule has 16 heavy (non-hydrogen) atoms. The fourth-order valence-corrected chi connectivity index (χ4v) is 1.20. The molecule has 0 saturated carbocycles. The first-order valence-electron chi connectivity index (χ1n) is 5.13. The van der Waals surface area contributed by atoms with Crippen LogP contribution in [0.15, 0.2) is 36.2 Å². The predicted octanol–water partition coefficient (Wildman–Crippen LogP) is 2.02. The largest absolute Gasteiger partial charge is 0.478 e. The van der Waals surface area contributed by atoms with Gasteiger partial charge in [0.15, 0.2) is 0 Å². The van der Waals surface area contributed by atoms with Crippen LogP contribution in [0.25, 0.3) is 0 Å². The summed E-state index contributed by atoms with van der Waals surface area (Å²) in [5, 5.41) is 8.76. The summed E-state index contributed by atoms with van der Waals surface area (Å²) in [6, 6.07) is 3.75. The molecule has 0 bridgehead atoms. The van der Waals surface area contributed by atoms with Crippen molar-refractivity contribution in [2.75, 3.05) is 6.61 Å². The maximum atomic E-state index is 10.7. The van der Waals surface area contributed by atoms with Crippen molar-refractivity contribution in [1.29, 1.82) is 0 Å². The van der Waals surface area contributed by atoms with Crippen molar-refractivity contribution in [2.24, 2.45) is 0 Å². The molecule has 1 heterocycles. The maximum Gasteiger partial charge on any atom is 0.331 e. The van der Waals surface area contributed by atoms with Crippen molar-refractivity contribution < 1.29 is 14.6 Å². The summed E-state index contributed by atoms with van der Waals surface area (Å²) in [6.07, 6.45) is 5.52. The number of rotatable bonds is 6. The smallest absolute Gasteiger partial charge is 0.331 e. The number of carboxylic acids is 1. The second-order valence-electron chi connectivity index (χ2n) is 3.26. The first-order valence-corrected chi connectivity index (χ1v) is 5.13. The Bertz CT molecular complexity index is 360. The fraction of sp³-hybridized carbons (Fsp3) is 0.333. The number of pyridine rings is 1. The summed E-state index contributed by atoms with van der Waals surface area (Å²) in [4.78, 5) is 14.6. The standard InChI is InChI=1S/C12H15NO3/c1-2-11(12(14)15)5-7-16-9-10-4-3-6-13-8-10/h3-6,8H,2,7,9H2,1H3,(H,14,15)/b11-5-. The number of aliphatic carboxylic acids is 1. The minimum Gasteiger partial charge on any atom is -0.478 e. The normalized spacial score (nSPS) is 11.4. The monoisotopic (exact) mass is 221 g/mol. The lowest BCUT2D eigenvalue weighted by Crippen LogP contribution is -2.01. The summed E-state index contributed by atoms with van der Waals surface area (Å²) < 4.78 is 5.32. The van der Waals surface area contributed by atoms with E-state index in [1.807, 2.05) is 12.1 Å². The lowest BCUT2D eigenvalue weighted by atomic mass is 10.2. The molecule has 0 aliphatic heterocycles. The molecule has 0 radical (unpaired) electrons. The van der Waals surface area contributed by atoms with Crippen LogP contribution in [0.3, 0.4) is 0 Å². The number of ether oxygens (including phenoxy) is 1. The maximum absolute atomic E-state index is 10.7. The molecular formula is C12H15NO3. The van der Waals surface area contributed by atoms with Crippen LogP contribution in [-0.2, 0) is 16.1 Å². The van der Waals surface area contributed by atoms with Gasteiger partial charge in [0.05, 0.1) is 13.2 Å². The van der Waals surface area contributed by atoms with Crippen LogP contribution >= 0.6 is 0 Å². The predicted molar refractivity (Wildman–Crippen MR) is 59.9 cm³/mol. The van der Waals surface area contributed by atoms with Crippen molar-refractivity contribution in [3.8, 4) is 0 Å². The molecule has 0 aliphatic carbocycles. The zero-order chi connectivity index (χ0) is 11.8. The Morgan fingerprint density at radius 1 is 1.62 bits per heavy atom. The molecule has 0 aliphatic rings. The molecule has 86 valence electrons. The Balaban J connectivity index is 2.34. The average molecular weight is 221 g/mol. The molecular weight excluding hydrogens is 206 g/mol. The van der Waals surface area contributed by atoms with Gasteiger partial charge in [0, 0.05) is 18.0 Å². The van der Waals surface area contributed by atoms with Gasteiger partial charge < -0.3 is 9.84 Å². The molecule has 1 N–H and O–H groups in total. The quantitative estimate of drug-likeness (QED) is 0.589. The van der Waals surface area contributed by atoms with Gasteiger partial charge >= 0.3 is 5.97 Å². The van der Waals surface area contributed by atoms with E-state index in [0.29, 0.717) is 25.2 Å². The van der Waals surface area contributed by atoms with Gasteiger partial charge in [-0.3, -0.25) is 4.98 Å². The van der Waals surface area contributed by atoms with Gasteiger partial charge in [-0.05, 0) is 24.1 Å². The fourth-order valence-electron chi connectivity index (χ4n) is 1.20. The van der Waals surface area contributed by atoms with E-state index >= 15 is 0 Å². The van der Waals surface area contributed by atoms with Gasteiger partial charge in [0.25, 0.3) is 0 Å². The van der Waals surface area contributed by atoms with E-state index in [-0.39, 0.29) is 0 Å². The summed E-state index contributed by atoms with van der Waals surface area (Å²) in [5.41, 5.74) is 1.36. The van der Waals surface area contributed by atoms with Crippen LogP contribution in [0.1, 0.15) is 18.9 Å². The molecule has 4 heteroatoms. The third-order valence-electron chi connectivity index (χ3n) is 2.09.